The summed E-state index contributed by atoms with van der Waals surface area (Å²) in [7, 11) is 0. The molecule has 2 rings (SSSR count). The minimum absolute atomic E-state index is 0.0896. The summed E-state index contributed by atoms with van der Waals surface area (Å²) in [5.74, 6) is -3.03. The van der Waals surface area contributed by atoms with Gasteiger partial charge in [-0.1, -0.05) is 15.9 Å². The lowest BCUT2D eigenvalue weighted by Gasteiger charge is -2.30. The Morgan fingerprint density at radius 3 is 2.75 bits per heavy atom. The fourth-order valence-electron chi connectivity index (χ4n) is 2.14. The molecule has 0 radical (unpaired) electrons. The molecule has 1 heterocycles. The van der Waals surface area contributed by atoms with Gasteiger partial charge in [-0.2, -0.15) is 4.39 Å². The predicted octanol–water partition coefficient (Wildman–Crippen LogP) is 2.87. The van der Waals surface area contributed by atoms with Crippen LogP contribution in [0.5, 0.6) is 0 Å². The van der Waals surface area contributed by atoms with Crippen LogP contribution >= 0.6 is 15.9 Å². The highest BCUT2D eigenvalue weighted by molar-refractivity contribution is 9.09. The van der Waals surface area contributed by atoms with Crippen LogP contribution in [0, 0.1) is 21.7 Å². The van der Waals surface area contributed by atoms with E-state index in [1.807, 2.05) is 0 Å². The number of carbonyl (C=O) groups is 1. The molecule has 1 unspecified atom stereocenters. The second-order valence-corrected chi connectivity index (χ2v) is 5.83. The molecule has 108 valence electrons. The first-order valence-corrected chi connectivity index (χ1v) is 6.88. The van der Waals surface area contributed by atoms with Gasteiger partial charge in [-0.25, -0.2) is 4.39 Å². The second-order valence-electron chi connectivity index (χ2n) is 4.53. The number of nitrogens with zero attached hydrogens (tertiary/aromatic N) is 2. The van der Waals surface area contributed by atoms with Gasteiger partial charge in [0.25, 0.3) is 5.91 Å². The molecule has 5 nitrogen and oxygen atoms in total. The Balaban J connectivity index is 2.36. The summed E-state index contributed by atoms with van der Waals surface area (Å²) < 4.78 is 27.3. The highest BCUT2D eigenvalue weighted by Crippen LogP contribution is 2.25. The third-order valence-electron chi connectivity index (χ3n) is 3.10. The zero-order valence-corrected chi connectivity index (χ0v) is 11.9. The van der Waals surface area contributed by atoms with E-state index in [-0.39, 0.29) is 4.83 Å². The van der Waals surface area contributed by atoms with Crippen LogP contribution in [0.2, 0.25) is 0 Å². The van der Waals surface area contributed by atoms with Crippen molar-refractivity contribution >= 4 is 27.5 Å². The van der Waals surface area contributed by atoms with E-state index in [9.17, 15) is 23.7 Å². The molecular weight excluding hydrogens is 338 g/mol. The zero-order valence-electron chi connectivity index (χ0n) is 10.3. The van der Waals surface area contributed by atoms with Crippen LogP contribution < -0.4 is 0 Å². The Bertz CT molecular complexity index is 568. The Kier molecular flexibility index (Phi) is 4.32. The predicted molar refractivity (Wildman–Crippen MR) is 70.9 cm³/mol. The molecule has 1 atom stereocenters. The van der Waals surface area contributed by atoms with Crippen LogP contribution in [0.15, 0.2) is 12.1 Å². The third-order valence-corrected chi connectivity index (χ3v) is 3.84. The molecule has 20 heavy (non-hydrogen) atoms. The topological polar surface area (TPSA) is 63.4 Å². The monoisotopic (exact) mass is 348 g/mol. The van der Waals surface area contributed by atoms with E-state index in [0.29, 0.717) is 25.2 Å². The number of benzene rings is 1. The number of carbonyl (C=O) groups excluding carboxylic acids is 1. The summed E-state index contributed by atoms with van der Waals surface area (Å²) in [6.07, 6.45) is 1.62. The first kappa shape index (κ1) is 14.8. The number of piperidine rings is 1. The van der Waals surface area contributed by atoms with Crippen molar-refractivity contribution in [2.24, 2.45) is 0 Å². The van der Waals surface area contributed by atoms with Crippen molar-refractivity contribution in [3.8, 4) is 0 Å². The van der Waals surface area contributed by atoms with Crippen molar-refractivity contribution in [2.45, 2.75) is 17.7 Å². The molecule has 1 saturated heterocycles. The van der Waals surface area contributed by atoms with Crippen LogP contribution in [-0.2, 0) is 0 Å². The number of likely N-dealkylation sites (tertiary alicyclic amines) is 1. The number of nitro benzene ring substituents is 1. The lowest BCUT2D eigenvalue weighted by Crippen LogP contribution is -2.40. The molecule has 0 aliphatic carbocycles. The Labute approximate surface area is 121 Å². The molecule has 1 aromatic carbocycles. The summed E-state index contributed by atoms with van der Waals surface area (Å²) in [6, 6.07) is 1.16. The van der Waals surface area contributed by atoms with Crippen molar-refractivity contribution in [1.82, 2.24) is 4.90 Å². The highest BCUT2D eigenvalue weighted by Gasteiger charge is 2.29. The number of amides is 1. The number of alkyl halides is 1. The quantitative estimate of drug-likeness (QED) is 0.469. The van der Waals surface area contributed by atoms with Crippen molar-refractivity contribution in [1.29, 1.82) is 0 Å². The molecule has 1 aliphatic heterocycles. The Morgan fingerprint density at radius 1 is 1.45 bits per heavy atom. The maximum absolute atomic E-state index is 13.9. The van der Waals surface area contributed by atoms with Gasteiger partial charge in [-0.05, 0) is 18.9 Å². The molecule has 1 amide bonds. The van der Waals surface area contributed by atoms with Gasteiger partial charge < -0.3 is 4.90 Å². The average molecular weight is 349 g/mol. The number of rotatable bonds is 2. The molecule has 0 saturated carbocycles. The van der Waals surface area contributed by atoms with Crippen LogP contribution in [0.3, 0.4) is 0 Å². The Hall–Kier alpha value is -1.57. The standard InChI is InChI=1S/C12H11BrF2N2O3/c13-7-2-1-3-16(6-7)12(18)9-4-8(14)5-10(11(9)15)17(19)20/h4-5,7H,1-3,6H2. The first-order chi connectivity index (χ1) is 9.40. The summed E-state index contributed by atoms with van der Waals surface area (Å²) >= 11 is 3.37. The van der Waals surface area contributed by atoms with Gasteiger partial charge in [0.15, 0.2) is 0 Å². The number of hydrogen-bond acceptors (Lipinski definition) is 3. The maximum atomic E-state index is 13.9. The fraction of sp³-hybridized carbons (Fsp3) is 0.417. The van der Waals surface area contributed by atoms with Gasteiger partial charge in [-0.3, -0.25) is 14.9 Å². The molecule has 0 spiro atoms. The summed E-state index contributed by atoms with van der Waals surface area (Å²) in [5.41, 5.74) is -1.63. The van der Waals surface area contributed by atoms with Gasteiger partial charge in [0.05, 0.1) is 16.6 Å². The normalized spacial score (nSPS) is 18.9. The van der Waals surface area contributed by atoms with Gasteiger partial charge >= 0.3 is 5.69 Å². The molecule has 0 N–H and O–H groups in total. The van der Waals surface area contributed by atoms with E-state index in [1.54, 1.807) is 0 Å². The van der Waals surface area contributed by atoms with Crippen LogP contribution in [0.4, 0.5) is 14.5 Å². The van der Waals surface area contributed by atoms with Crippen molar-refractivity contribution < 1.29 is 18.5 Å². The Morgan fingerprint density at radius 2 is 2.15 bits per heavy atom. The van der Waals surface area contributed by atoms with E-state index >= 15 is 0 Å². The fourth-order valence-corrected chi connectivity index (χ4v) is 2.82. The van der Waals surface area contributed by atoms with Gasteiger partial charge in [0, 0.05) is 17.9 Å². The SMILES string of the molecule is O=C(c1cc(F)cc([N+](=O)[O-])c1F)N1CCCC(Br)C1. The second kappa shape index (κ2) is 5.82. The lowest BCUT2D eigenvalue weighted by molar-refractivity contribution is -0.387. The number of hydrogen-bond donors (Lipinski definition) is 0. The summed E-state index contributed by atoms with van der Waals surface area (Å²) in [6.45, 7) is 0.785. The zero-order chi connectivity index (χ0) is 14.9. The summed E-state index contributed by atoms with van der Waals surface area (Å²) in [5, 5.41) is 10.6. The minimum atomic E-state index is -1.29. The summed E-state index contributed by atoms with van der Waals surface area (Å²) in [4.78, 5) is 23.2. The smallest absolute Gasteiger partial charge is 0.308 e. The number of halogens is 3. The van der Waals surface area contributed by atoms with Gasteiger partial charge in [-0.15, -0.1) is 0 Å². The van der Waals surface area contributed by atoms with Gasteiger partial charge in [0.1, 0.15) is 5.82 Å². The van der Waals surface area contributed by atoms with E-state index in [1.165, 1.54) is 4.90 Å². The van der Waals surface area contributed by atoms with Crippen LogP contribution in [0.25, 0.3) is 0 Å². The first-order valence-electron chi connectivity index (χ1n) is 5.97. The maximum Gasteiger partial charge on any atom is 0.308 e. The van der Waals surface area contributed by atoms with E-state index in [4.69, 9.17) is 0 Å². The highest BCUT2D eigenvalue weighted by atomic mass is 79.9. The molecule has 1 aliphatic rings. The lowest BCUT2D eigenvalue weighted by atomic mass is 10.1. The van der Waals surface area contributed by atoms with Crippen molar-refractivity contribution in [2.75, 3.05) is 13.1 Å². The molecule has 1 aromatic rings. The van der Waals surface area contributed by atoms with Crippen LogP contribution in [-0.4, -0.2) is 33.6 Å². The van der Waals surface area contributed by atoms with E-state index in [2.05, 4.69) is 15.9 Å². The van der Waals surface area contributed by atoms with E-state index in [0.717, 1.165) is 12.8 Å². The molecule has 0 aromatic heterocycles. The van der Waals surface area contributed by atoms with Crippen LogP contribution in [0.1, 0.15) is 23.2 Å². The van der Waals surface area contributed by atoms with Crippen molar-refractivity contribution in [3.63, 3.8) is 0 Å². The molecule has 1 fully saturated rings. The average Bonchev–Trinajstić information content (AvgIpc) is 2.40. The van der Waals surface area contributed by atoms with E-state index < -0.39 is 33.7 Å². The molecule has 8 heteroatoms. The van der Waals surface area contributed by atoms with Crippen molar-refractivity contribution in [3.05, 3.63) is 39.4 Å². The van der Waals surface area contributed by atoms with Gasteiger partial charge in [0.2, 0.25) is 5.82 Å². The largest absolute Gasteiger partial charge is 0.337 e. The number of nitro groups is 1. The molecule has 0 bridgehead atoms. The molecular formula is C12H11BrF2N2O3. The minimum Gasteiger partial charge on any atom is -0.337 e. The third kappa shape index (κ3) is 2.95.